The number of benzene rings is 1. The van der Waals surface area contributed by atoms with Crippen LogP contribution in [0.15, 0.2) is 12.1 Å². The van der Waals surface area contributed by atoms with Gasteiger partial charge >= 0.3 is 0 Å². The number of likely N-dealkylation sites (tertiary alicyclic amines) is 2. The van der Waals surface area contributed by atoms with Crippen molar-refractivity contribution in [2.24, 2.45) is 5.92 Å². The second kappa shape index (κ2) is 10.6. The topological polar surface area (TPSA) is 87.9 Å². The molecule has 1 aromatic rings. The molecular weight excluding hydrogens is 427 g/mol. The molecular formula is C21H30Cl2N4O3. The van der Waals surface area contributed by atoms with Gasteiger partial charge in [0.05, 0.1) is 23.4 Å². The zero-order chi connectivity index (χ0) is 21.7. The van der Waals surface area contributed by atoms with E-state index in [1.54, 1.807) is 12.1 Å². The predicted molar refractivity (Wildman–Crippen MR) is 119 cm³/mol. The minimum Gasteiger partial charge on any atom is -0.496 e. The van der Waals surface area contributed by atoms with E-state index in [1.807, 2.05) is 4.90 Å². The Morgan fingerprint density at radius 2 is 1.83 bits per heavy atom. The summed E-state index contributed by atoms with van der Waals surface area (Å²) in [6, 6.07) is 3.26. The van der Waals surface area contributed by atoms with Gasteiger partial charge in [0.15, 0.2) is 0 Å². The van der Waals surface area contributed by atoms with E-state index >= 15 is 0 Å². The molecule has 9 heteroatoms. The molecule has 166 valence electrons. The second-order valence-electron chi connectivity index (χ2n) is 8.08. The predicted octanol–water partition coefficient (Wildman–Crippen LogP) is 2.60. The molecule has 3 rings (SSSR count). The van der Waals surface area contributed by atoms with Gasteiger partial charge in [0.2, 0.25) is 5.91 Å². The van der Waals surface area contributed by atoms with Gasteiger partial charge in [-0.15, -0.1) is 11.6 Å². The van der Waals surface area contributed by atoms with Crippen LogP contribution in [-0.2, 0) is 4.79 Å². The number of methoxy groups -OCH3 is 1. The van der Waals surface area contributed by atoms with Crippen molar-refractivity contribution in [3.63, 3.8) is 0 Å². The van der Waals surface area contributed by atoms with E-state index in [-0.39, 0.29) is 23.7 Å². The van der Waals surface area contributed by atoms with Crippen LogP contribution >= 0.6 is 23.2 Å². The van der Waals surface area contributed by atoms with E-state index in [0.717, 1.165) is 58.4 Å². The summed E-state index contributed by atoms with van der Waals surface area (Å²) < 4.78 is 5.28. The lowest BCUT2D eigenvalue weighted by Gasteiger charge is -2.37. The number of nitrogens with one attached hydrogen (secondary N) is 1. The Bertz CT molecular complexity index is 761. The average Bonchev–Trinajstić information content (AvgIpc) is 2.76. The Morgan fingerprint density at radius 3 is 2.43 bits per heavy atom. The van der Waals surface area contributed by atoms with Crippen LogP contribution in [0, 0.1) is 5.92 Å². The highest BCUT2D eigenvalue weighted by Gasteiger charge is 2.27. The van der Waals surface area contributed by atoms with Crippen molar-refractivity contribution in [2.75, 3.05) is 51.4 Å². The summed E-state index contributed by atoms with van der Waals surface area (Å²) in [6.45, 7) is 4.55. The number of piperidine rings is 2. The lowest BCUT2D eigenvalue weighted by Crippen LogP contribution is -2.47. The highest BCUT2D eigenvalue weighted by molar-refractivity contribution is 6.33. The Balaban J connectivity index is 1.45. The van der Waals surface area contributed by atoms with Crippen molar-refractivity contribution in [2.45, 2.75) is 31.7 Å². The number of alkyl halides is 1. The van der Waals surface area contributed by atoms with Gasteiger partial charge in [-0.2, -0.15) is 0 Å². The van der Waals surface area contributed by atoms with Gasteiger partial charge in [0.25, 0.3) is 5.91 Å². The molecule has 2 saturated heterocycles. The lowest BCUT2D eigenvalue weighted by molar-refractivity contribution is -0.129. The lowest BCUT2D eigenvalue weighted by atomic mass is 9.94. The molecule has 0 saturated carbocycles. The second-order valence-corrected chi connectivity index (χ2v) is 8.75. The molecule has 30 heavy (non-hydrogen) atoms. The molecule has 0 aromatic heterocycles. The molecule has 7 nitrogen and oxygen atoms in total. The molecule has 0 aliphatic carbocycles. The summed E-state index contributed by atoms with van der Waals surface area (Å²) in [4.78, 5) is 28.7. The number of rotatable bonds is 6. The van der Waals surface area contributed by atoms with Crippen LogP contribution in [0.1, 0.15) is 36.0 Å². The van der Waals surface area contributed by atoms with Gasteiger partial charge < -0.3 is 25.6 Å². The first kappa shape index (κ1) is 23.0. The van der Waals surface area contributed by atoms with Gasteiger partial charge in [0.1, 0.15) is 11.6 Å². The number of hydrogen-bond donors (Lipinski definition) is 2. The number of amides is 2. The minimum absolute atomic E-state index is 0.0330. The zero-order valence-corrected chi connectivity index (χ0v) is 18.8. The van der Waals surface area contributed by atoms with Gasteiger partial charge in [-0.05, 0) is 37.7 Å². The van der Waals surface area contributed by atoms with E-state index in [1.165, 1.54) is 7.11 Å². The molecule has 2 aliphatic heterocycles. The van der Waals surface area contributed by atoms with E-state index < -0.39 is 0 Å². The summed E-state index contributed by atoms with van der Waals surface area (Å²) >= 11 is 11.7. The molecule has 0 bridgehead atoms. The molecule has 2 aliphatic rings. The normalized spacial score (nSPS) is 19.0. The third kappa shape index (κ3) is 5.71. The summed E-state index contributed by atoms with van der Waals surface area (Å²) in [5.74, 6) is 0.940. The summed E-state index contributed by atoms with van der Waals surface area (Å²) in [5, 5.41) is 3.45. The zero-order valence-electron chi connectivity index (χ0n) is 17.3. The van der Waals surface area contributed by atoms with Crippen molar-refractivity contribution >= 4 is 40.7 Å². The first-order valence-electron chi connectivity index (χ1n) is 10.4. The largest absolute Gasteiger partial charge is 0.496 e. The van der Waals surface area contributed by atoms with E-state index in [2.05, 4.69) is 10.2 Å². The SMILES string of the molecule is COc1cc(N)c(Cl)cc1C(=O)NC1CCN(CC2CCN(C(=O)CCl)CC2)CC1. The fraction of sp³-hybridized carbons (Fsp3) is 0.619. The summed E-state index contributed by atoms with van der Waals surface area (Å²) in [6.07, 6.45) is 3.86. The van der Waals surface area contributed by atoms with Crippen molar-refractivity contribution in [1.29, 1.82) is 0 Å². The van der Waals surface area contributed by atoms with Crippen LogP contribution in [0.2, 0.25) is 5.02 Å². The average molecular weight is 457 g/mol. The quantitative estimate of drug-likeness (QED) is 0.507. The molecule has 2 fully saturated rings. The van der Waals surface area contributed by atoms with Gasteiger partial charge in [-0.3, -0.25) is 9.59 Å². The summed E-state index contributed by atoms with van der Waals surface area (Å²) in [7, 11) is 1.51. The van der Waals surface area contributed by atoms with Crippen molar-refractivity contribution in [1.82, 2.24) is 15.1 Å². The van der Waals surface area contributed by atoms with Crippen LogP contribution in [0.5, 0.6) is 5.75 Å². The number of anilines is 1. The molecule has 2 heterocycles. The number of ether oxygens (including phenoxy) is 1. The van der Waals surface area contributed by atoms with Crippen molar-refractivity contribution < 1.29 is 14.3 Å². The Labute approximate surface area is 187 Å². The highest BCUT2D eigenvalue weighted by atomic mass is 35.5. The third-order valence-corrected chi connectivity index (χ3v) is 6.64. The maximum absolute atomic E-state index is 12.7. The number of nitrogens with zero attached hydrogens (tertiary/aromatic N) is 2. The van der Waals surface area contributed by atoms with Crippen LogP contribution in [0.25, 0.3) is 0 Å². The number of nitrogen functional groups attached to an aromatic ring is 1. The van der Waals surface area contributed by atoms with Crippen molar-refractivity contribution in [3.8, 4) is 5.75 Å². The Morgan fingerprint density at radius 1 is 1.17 bits per heavy atom. The summed E-state index contributed by atoms with van der Waals surface area (Å²) in [5.41, 5.74) is 6.58. The maximum atomic E-state index is 12.7. The fourth-order valence-corrected chi connectivity index (χ4v) is 4.59. The van der Waals surface area contributed by atoms with Gasteiger partial charge in [0, 0.05) is 44.8 Å². The van der Waals surface area contributed by atoms with Gasteiger partial charge in [-0.25, -0.2) is 0 Å². The monoisotopic (exact) mass is 456 g/mol. The molecule has 1 aromatic carbocycles. The first-order chi connectivity index (χ1) is 14.4. The van der Waals surface area contributed by atoms with Crippen LogP contribution in [-0.4, -0.2) is 73.4 Å². The van der Waals surface area contributed by atoms with E-state index in [4.69, 9.17) is 33.7 Å². The number of carbonyl (C=O) groups excluding carboxylic acids is 2. The van der Waals surface area contributed by atoms with Crippen molar-refractivity contribution in [3.05, 3.63) is 22.7 Å². The number of hydrogen-bond acceptors (Lipinski definition) is 5. The number of halogens is 2. The van der Waals surface area contributed by atoms with Crippen LogP contribution in [0.3, 0.4) is 0 Å². The standard InChI is InChI=1S/C21H30Cl2N4O3/c1-30-19-11-18(24)17(23)10-16(19)21(29)25-15-4-6-26(7-5-15)13-14-2-8-27(9-3-14)20(28)12-22/h10-11,14-15H,2-9,12-13,24H2,1H3,(H,25,29). The third-order valence-electron chi connectivity index (χ3n) is 6.08. The molecule has 0 atom stereocenters. The van der Waals surface area contributed by atoms with E-state index in [9.17, 15) is 9.59 Å². The Hall–Kier alpha value is -1.70. The molecule has 3 N–H and O–H groups in total. The molecule has 0 radical (unpaired) electrons. The van der Waals surface area contributed by atoms with Gasteiger partial charge in [-0.1, -0.05) is 11.6 Å². The molecule has 2 amide bonds. The molecule has 0 unspecified atom stereocenters. The number of nitrogens with two attached hydrogens (primary N) is 1. The van der Waals surface area contributed by atoms with Crippen LogP contribution in [0.4, 0.5) is 5.69 Å². The smallest absolute Gasteiger partial charge is 0.255 e. The first-order valence-corrected chi connectivity index (χ1v) is 11.3. The fourth-order valence-electron chi connectivity index (χ4n) is 4.25. The number of carbonyl (C=O) groups is 2. The molecule has 0 spiro atoms. The highest BCUT2D eigenvalue weighted by Crippen LogP contribution is 2.29. The van der Waals surface area contributed by atoms with Crippen LogP contribution < -0.4 is 15.8 Å². The Kier molecular flexibility index (Phi) is 8.08. The maximum Gasteiger partial charge on any atom is 0.255 e. The minimum atomic E-state index is -0.191. The van der Waals surface area contributed by atoms with E-state index in [0.29, 0.717) is 27.9 Å².